The third-order valence-electron chi connectivity index (χ3n) is 3.36. The van der Waals surface area contributed by atoms with Gasteiger partial charge in [0.25, 0.3) is 10.2 Å². The second kappa shape index (κ2) is 7.18. The first kappa shape index (κ1) is 16.4. The Labute approximate surface area is 114 Å². The highest BCUT2D eigenvalue weighted by Crippen LogP contribution is 2.19. The van der Waals surface area contributed by atoms with Gasteiger partial charge in [0, 0.05) is 32.8 Å². The smallest absolute Gasteiger partial charge is 0.304 e. The molecule has 0 amide bonds. The zero-order valence-corrected chi connectivity index (χ0v) is 12.1. The van der Waals surface area contributed by atoms with E-state index in [1.54, 1.807) is 0 Å². The lowest BCUT2D eigenvalue weighted by Crippen LogP contribution is -2.46. The maximum absolute atomic E-state index is 12.0. The van der Waals surface area contributed by atoms with E-state index in [0.717, 1.165) is 17.1 Å². The molecule has 112 valence electrons. The maximum atomic E-state index is 12.0. The van der Waals surface area contributed by atoms with Crippen LogP contribution in [0.3, 0.4) is 0 Å². The average Bonchev–Trinajstić information content (AvgIpc) is 2.36. The van der Waals surface area contributed by atoms with Gasteiger partial charge in [-0.1, -0.05) is 0 Å². The number of nitrogens with zero attached hydrogens (tertiary/aromatic N) is 1. The normalized spacial score (nSPS) is 19.5. The molecule has 1 unspecified atom stereocenters. The van der Waals surface area contributed by atoms with Gasteiger partial charge < -0.3 is 9.84 Å². The summed E-state index contributed by atoms with van der Waals surface area (Å²) in [6.45, 7) is 3.11. The molecule has 1 aliphatic rings. The van der Waals surface area contributed by atoms with E-state index in [1.165, 1.54) is 7.05 Å². The molecule has 2 N–H and O–H groups in total. The predicted molar refractivity (Wildman–Crippen MR) is 69.9 cm³/mol. The highest BCUT2D eigenvalue weighted by Gasteiger charge is 2.26. The summed E-state index contributed by atoms with van der Waals surface area (Å²) >= 11 is 0. The van der Waals surface area contributed by atoms with Gasteiger partial charge in [0.2, 0.25) is 0 Å². The number of aliphatic carboxylic acids is 1. The fraction of sp³-hybridized carbons (Fsp3) is 0.909. The third-order valence-corrected chi connectivity index (χ3v) is 5.03. The zero-order chi connectivity index (χ0) is 14.5. The van der Waals surface area contributed by atoms with Crippen LogP contribution in [-0.2, 0) is 19.7 Å². The molecule has 19 heavy (non-hydrogen) atoms. The summed E-state index contributed by atoms with van der Waals surface area (Å²) in [6, 6.07) is -0.179. The second-order valence-electron chi connectivity index (χ2n) is 4.83. The van der Waals surface area contributed by atoms with Crippen molar-refractivity contribution in [1.29, 1.82) is 0 Å². The first-order valence-corrected chi connectivity index (χ1v) is 7.80. The lowest BCUT2D eigenvalue weighted by atomic mass is 9.94. The molecule has 0 aromatic rings. The van der Waals surface area contributed by atoms with Crippen LogP contribution in [0.2, 0.25) is 0 Å². The number of carboxylic acids is 1. The average molecular weight is 294 g/mol. The van der Waals surface area contributed by atoms with Gasteiger partial charge in [-0.05, 0) is 25.7 Å². The Hall–Kier alpha value is -0.700. The molecule has 1 heterocycles. The van der Waals surface area contributed by atoms with Crippen molar-refractivity contribution in [3.8, 4) is 0 Å². The molecule has 0 spiro atoms. The van der Waals surface area contributed by atoms with Gasteiger partial charge in [-0.25, -0.2) is 0 Å². The molecular formula is C11H22N2O5S. The van der Waals surface area contributed by atoms with E-state index in [-0.39, 0.29) is 24.9 Å². The van der Waals surface area contributed by atoms with Gasteiger partial charge >= 0.3 is 5.97 Å². The largest absolute Gasteiger partial charge is 0.481 e. The minimum absolute atomic E-state index is 0.0365. The Morgan fingerprint density at radius 1 is 1.47 bits per heavy atom. The Kier molecular flexibility index (Phi) is 6.18. The number of hydrogen-bond acceptors (Lipinski definition) is 4. The quantitative estimate of drug-likeness (QED) is 0.691. The van der Waals surface area contributed by atoms with Crippen LogP contribution in [-0.4, -0.2) is 56.6 Å². The fourth-order valence-corrected chi connectivity index (χ4v) is 3.18. The zero-order valence-electron chi connectivity index (χ0n) is 11.3. The number of hydrogen-bond donors (Lipinski definition) is 2. The molecular weight excluding hydrogens is 272 g/mol. The highest BCUT2D eigenvalue weighted by atomic mass is 32.2. The lowest BCUT2D eigenvalue weighted by molar-refractivity contribution is -0.137. The number of carboxylic acid groups (broad SMARTS) is 1. The van der Waals surface area contributed by atoms with Crippen molar-refractivity contribution in [2.24, 2.45) is 5.92 Å². The molecule has 7 nitrogen and oxygen atoms in total. The summed E-state index contributed by atoms with van der Waals surface area (Å²) in [7, 11) is -2.25. The first-order chi connectivity index (χ1) is 8.83. The van der Waals surface area contributed by atoms with E-state index in [0.29, 0.717) is 13.2 Å². The van der Waals surface area contributed by atoms with E-state index in [2.05, 4.69) is 4.72 Å². The Bertz CT molecular complexity index is 392. The van der Waals surface area contributed by atoms with Crippen molar-refractivity contribution >= 4 is 16.2 Å². The van der Waals surface area contributed by atoms with Crippen LogP contribution in [0.25, 0.3) is 0 Å². The predicted octanol–water partition coefficient (Wildman–Crippen LogP) is 0.0424. The van der Waals surface area contributed by atoms with Gasteiger partial charge in [0.15, 0.2) is 0 Å². The topological polar surface area (TPSA) is 95.9 Å². The van der Waals surface area contributed by atoms with Crippen LogP contribution in [0.5, 0.6) is 0 Å². The lowest BCUT2D eigenvalue weighted by Gasteiger charge is -2.29. The molecule has 8 heteroatoms. The molecule has 1 aliphatic heterocycles. The van der Waals surface area contributed by atoms with Crippen molar-refractivity contribution < 1.29 is 23.1 Å². The molecule has 0 aliphatic carbocycles. The van der Waals surface area contributed by atoms with Crippen LogP contribution in [0, 0.1) is 5.92 Å². The molecule has 0 aromatic heterocycles. The number of carbonyl (C=O) groups is 1. The van der Waals surface area contributed by atoms with Crippen molar-refractivity contribution in [2.75, 3.05) is 26.8 Å². The van der Waals surface area contributed by atoms with Crippen LogP contribution >= 0.6 is 0 Å². The molecule has 1 saturated heterocycles. The summed E-state index contributed by atoms with van der Waals surface area (Å²) in [5.74, 6) is -0.754. The van der Waals surface area contributed by atoms with E-state index in [4.69, 9.17) is 9.84 Å². The SMILES string of the molecule is CC(NS(=O)(=O)N(C)CCC(=O)O)C1CCOCC1. The molecule has 0 radical (unpaired) electrons. The molecule has 1 rings (SSSR count). The van der Waals surface area contributed by atoms with Gasteiger partial charge in [-0.3, -0.25) is 4.79 Å². The van der Waals surface area contributed by atoms with Gasteiger partial charge in [-0.15, -0.1) is 0 Å². The summed E-state index contributed by atoms with van der Waals surface area (Å²) in [5, 5.41) is 8.56. The second-order valence-corrected chi connectivity index (χ2v) is 6.64. The Balaban J connectivity index is 2.50. The summed E-state index contributed by atoms with van der Waals surface area (Å²) in [4.78, 5) is 10.4. The summed E-state index contributed by atoms with van der Waals surface area (Å²) in [6.07, 6.45) is 1.47. The summed E-state index contributed by atoms with van der Waals surface area (Å²) in [5.41, 5.74) is 0. The number of rotatable bonds is 7. The van der Waals surface area contributed by atoms with E-state index in [1.807, 2.05) is 6.92 Å². The molecule has 0 saturated carbocycles. The van der Waals surface area contributed by atoms with Crippen LogP contribution in [0.15, 0.2) is 0 Å². The number of nitrogens with one attached hydrogen (secondary N) is 1. The van der Waals surface area contributed by atoms with Crippen molar-refractivity contribution in [3.05, 3.63) is 0 Å². The minimum atomic E-state index is -3.63. The molecule has 1 atom stereocenters. The highest BCUT2D eigenvalue weighted by molar-refractivity contribution is 7.87. The van der Waals surface area contributed by atoms with Crippen LogP contribution < -0.4 is 4.72 Å². The van der Waals surface area contributed by atoms with Crippen molar-refractivity contribution in [2.45, 2.75) is 32.2 Å². The van der Waals surface area contributed by atoms with Gasteiger partial charge in [0.1, 0.15) is 0 Å². The van der Waals surface area contributed by atoms with Gasteiger partial charge in [-0.2, -0.15) is 17.4 Å². The fourth-order valence-electron chi connectivity index (χ4n) is 2.01. The molecule has 0 bridgehead atoms. The van der Waals surface area contributed by atoms with E-state index in [9.17, 15) is 13.2 Å². The Morgan fingerprint density at radius 3 is 2.58 bits per heavy atom. The van der Waals surface area contributed by atoms with Crippen LogP contribution in [0.1, 0.15) is 26.2 Å². The Morgan fingerprint density at radius 2 is 2.05 bits per heavy atom. The summed E-state index contributed by atoms with van der Waals surface area (Å²) < 4.78 is 32.9. The third kappa shape index (κ3) is 5.43. The first-order valence-electron chi connectivity index (χ1n) is 6.36. The molecule has 1 fully saturated rings. The number of ether oxygens (including phenoxy) is 1. The van der Waals surface area contributed by atoms with Crippen molar-refractivity contribution in [3.63, 3.8) is 0 Å². The van der Waals surface area contributed by atoms with E-state index < -0.39 is 16.2 Å². The minimum Gasteiger partial charge on any atom is -0.481 e. The monoisotopic (exact) mass is 294 g/mol. The van der Waals surface area contributed by atoms with E-state index >= 15 is 0 Å². The maximum Gasteiger partial charge on any atom is 0.304 e. The van der Waals surface area contributed by atoms with Crippen LogP contribution in [0.4, 0.5) is 0 Å². The molecule has 0 aromatic carbocycles. The van der Waals surface area contributed by atoms with Crippen molar-refractivity contribution in [1.82, 2.24) is 9.03 Å². The van der Waals surface area contributed by atoms with Gasteiger partial charge in [0.05, 0.1) is 6.42 Å². The standard InChI is InChI=1S/C11H22N2O5S/c1-9(10-4-7-18-8-5-10)12-19(16,17)13(2)6-3-11(14)15/h9-10,12H,3-8H2,1-2H3,(H,14,15).